The van der Waals surface area contributed by atoms with Crippen LogP contribution < -0.4 is 29.6 Å². The fourth-order valence-corrected chi connectivity index (χ4v) is 1.64. The van der Waals surface area contributed by atoms with Crippen LogP contribution in [-0.2, 0) is 10.1 Å². The van der Waals surface area contributed by atoms with E-state index in [9.17, 15) is 13.0 Å². The molecule has 0 aromatic heterocycles. The van der Waals surface area contributed by atoms with E-state index in [4.69, 9.17) is 0 Å². The summed E-state index contributed by atoms with van der Waals surface area (Å²) in [4.78, 5) is 0. The van der Waals surface area contributed by atoms with Crippen molar-refractivity contribution in [3.63, 3.8) is 0 Å². The smallest absolute Gasteiger partial charge is 0.748 e. The van der Waals surface area contributed by atoms with Crippen molar-refractivity contribution >= 4 is 32.6 Å². The Morgan fingerprint density at radius 2 is 2.00 bits per heavy atom. The fourth-order valence-electron chi connectivity index (χ4n) is 0.300. The van der Waals surface area contributed by atoms with Crippen molar-refractivity contribution in [2.75, 3.05) is 11.5 Å². The Labute approximate surface area is 92.2 Å². The summed E-state index contributed by atoms with van der Waals surface area (Å²) in [6.07, 6.45) is 0.389. The third-order valence-electron chi connectivity index (χ3n) is 0.630. The topological polar surface area (TPSA) is 57.2 Å². The van der Waals surface area contributed by atoms with Crippen molar-refractivity contribution in [3.05, 3.63) is 0 Å². The van der Waals surface area contributed by atoms with E-state index in [2.05, 4.69) is 11.7 Å². The van der Waals surface area contributed by atoms with E-state index in [1.54, 1.807) is 0 Å². The molecule has 0 amide bonds. The van der Waals surface area contributed by atoms with Crippen LogP contribution in [0, 0.1) is 0 Å². The van der Waals surface area contributed by atoms with E-state index in [1.807, 2.05) is 0 Å². The van der Waals surface area contributed by atoms with Crippen LogP contribution in [0.5, 0.6) is 0 Å². The van der Waals surface area contributed by atoms with Crippen LogP contribution in [0.3, 0.4) is 0 Å². The van der Waals surface area contributed by atoms with Gasteiger partial charge in [0.1, 0.15) is 0 Å². The summed E-state index contributed by atoms with van der Waals surface area (Å²) in [6, 6.07) is 0. The van der Waals surface area contributed by atoms with Crippen LogP contribution in [0.15, 0.2) is 0 Å². The minimum absolute atomic E-state index is 0. The Hall–Kier alpha value is 1.61. The van der Waals surface area contributed by atoms with Gasteiger partial charge in [0.05, 0.1) is 10.1 Å². The molecule has 0 unspecified atom stereocenters. The van der Waals surface area contributed by atoms with Crippen LogP contribution >= 0.6 is 22.5 Å². The van der Waals surface area contributed by atoms with Crippen molar-refractivity contribution in [1.29, 1.82) is 0 Å². The molecule has 0 aliphatic carbocycles. The first kappa shape index (κ1) is 14.2. The molecular formula is C3H7NaO3S3. The molecule has 7 heteroatoms. The molecule has 0 spiro atoms. The maximum absolute atomic E-state index is 9.92. The van der Waals surface area contributed by atoms with Crippen LogP contribution in [0.4, 0.5) is 0 Å². The molecule has 0 N–H and O–H groups in total. The van der Waals surface area contributed by atoms with Gasteiger partial charge in [-0.15, -0.1) is 11.7 Å². The summed E-state index contributed by atoms with van der Waals surface area (Å²) in [6.45, 7) is 0. The summed E-state index contributed by atoms with van der Waals surface area (Å²) in [5.41, 5.74) is 0. The van der Waals surface area contributed by atoms with E-state index in [-0.39, 0.29) is 35.3 Å². The molecule has 0 aliphatic heterocycles. The minimum Gasteiger partial charge on any atom is -0.748 e. The Kier molecular flexibility index (Phi) is 10.3. The molecule has 0 aliphatic rings. The summed E-state index contributed by atoms with van der Waals surface area (Å²) in [7, 11) is -2.76. The molecule has 0 bridgehead atoms. The molecule has 0 atom stereocenters. The van der Waals surface area contributed by atoms with Gasteiger partial charge in [-0.25, -0.2) is 8.42 Å². The summed E-state index contributed by atoms with van der Waals surface area (Å²) in [5, 5.41) is 0. The third-order valence-corrected chi connectivity index (χ3v) is 2.44. The van der Waals surface area contributed by atoms with Crippen molar-refractivity contribution in [2.24, 2.45) is 0 Å². The number of hydrogen-bond acceptors (Lipinski definition) is 5. The molecule has 0 saturated carbocycles. The SMILES string of the molecule is O=S(=O)([O-])CCCSS.[Na+]. The van der Waals surface area contributed by atoms with Crippen molar-refractivity contribution in [2.45, 2.75) is 6.42 Å². The van der Waals surface area contributed by atoms with Gasteiger partial charge in [0.2, 0.25) is 0 Å². The summed E-state index contributed by atoms with van der Waals surface area (Å²) >= 11 is 3.77. The second-order valence-corrected chi connectivity index (χ2v) is 4.41. The Morgan fingerprint density at radius 1 is 1.50 bits per heavy atom. The molecule has 0 radical (unpaired) electrons. The average Bonchev–Trinajstić information content (AvgIpc) is 1.63. The van der Waals surface area contributed by atoms with Crippen LogP contribution in [0.2, 0.25) is 0 Å². The zero-order valence-corrected chi connectivity index (χ0v) is 10.1. The quantitative estimate of drug-likeness (QED) is 0.183. The molecule has 3 nitrogen and oxygen atoms in total. The Bertz CT molecular complexity index is 154. The minimum atomic E-state index is -3.99. The average molecular weight is 210 g/mol. The zero-order chi connectivity index (χ0) is 7.33. The maximum atomic E-state index is 9.92. The molecule has 0 saturated heterocycles. The first-order valence-corrected chi connectivity index (χ1v) is 5.88. The first-order valence-electron chi connectivity index (χ1n) is 2.26. The standard InChI is InChI=1S/C3H8O3S3.Na/c4-9(5,6)3-1-2-8-7;/h7H,1-3H2,(H,4,5,6);/q;+1/p-1. The predicted molar refractivity (Wildman–Crippen MR) is 40.6 cm³/mol. The van der Waals surface area contributed by atoms with Gasteiger partial charge in [-0.1, -0.05) is 10.8 Å². The van der Waals surface area contributed by atoms with E-state index < -0.39 is 10.1 Å². The van der Waals surface area contributed by atoms with E-state index in [0.717, 1.165) is 0 Å². The van der Waals surface area contributed by atoms with Crippen LogP contribution in [0.1, 0.15) is 6.42 Å². The van der Waals surface area contributed by atoms with Gasteiger partial charge in [0, 0.05) is 11.5 Å². The fraction of sp³-hybridized carbons (Fsp3) is 1.00. The summed E-state index contributed by atoms with van der Waals surface area (Å²) in [5.74, 6) is 0.325. The van der Waals surface area contributed by atoms with Gasteiger partial charge in [-0.2, -0.15) is 0 Å². The first-order chi connectivity index (χ1) is 4.06. The zero-order valence-electron chi connectivity index (χ0n) is 5.61. The molecule has 0 rings (SSSR count). The van der Waals surface area contributed by atoms with E-state index in [0.29, 0.717) is 12.2 Å². The van der Waals surface area contributed by atoms with Crippen molar-refractivity contribution < 1.29 is 42.5 Å². The molecular weight excluding hydrogens is 203 g/mol. The van der Waals surface area contributed by atoms with Crippen molar-refractivity contribution in [1.82, 2.24) is 0 Å². The van der Waals surface area contributed by atoms with Gasteiger partial charge >= 0.3 is 29.6 Å². The summed E-state index contributed by atoms with van der Waals surface area (Å²) < 4.78 is 29.7. The molecule has 0 fully saturated rings. The van der Waals surface area contributed by atoms with Gasteiger partial charge in [0.15, 0.2) is 0 Å². The third kappa shape index (κ3) is 12.3. The monoisotopic (exact) mass is 210 g/mol. The molecule has 0 aromatic carbocycles. The van der Waals surface area contributed by atoms with Crippen molar-refractivity contribution in [3.8, 4) is 0 Å². The maximum Gasteiger partial charge on any atom is 1.00 e. The number of hydrogen-bond donors (Lipinski definition) is 1. The van der Waals surface area contributed by atoms with Gasteiger partial charge in [-0.05, 0) is 6.42 Å². The van der Waals surface area contributed by atoms with Gasteiger partial charge < -0.3 is 4.55 Å². The van der Waals surface area contributed by atoms with Crippen LogP contribution in [0.25, 0.3) is 0 Å². The normalized spacial score (nSPS) is 10.6. The van der Waals surface area contributed by atoms with Crippen LogP contribution in [-0.4, -0.2) is 24.5 Å². The Morgan fingerprint density at radius 3 is 2.30 bits per heavy atom. The molecule has 56 valence electrons. The van der Waals surface area contributed by atoms with E-state index >= 15 is 0 Å². The van der Waals surface area contributed by atoms with Gasteiger partial charge in [-0.3, -0.25) is 0 Å². The number of thiol groups is 1. The Balaban J connectivity index is 0. The second kappa shape index (κ2) is 7.27. The predicted octanol–water partition coefficient (Wildman–Crippen LogP) is -2.50. The molecule has 0 heterocycles. The van der Waals surface area contributed by atoms with Gasteiger partial charge in [0.25, 0.3) is 0 Å². The van der Waals surface area contributed by atoms with E-state index in [1.165, 1.54) is 10.8 Å². The number of rotatable bonds is 4. The second-order valence-electron chi connectivity index (χ2n) is 1.45. The molecule has 10 heavy (non-hydrogen) atoms. The molecule has 0 aromatic rings. The largest absolute Gasteiger partial charge is 1.00 e.